The highest BCUT2D eigenvalue weighted by Gasteiger charge is 2.15. The number of hydrogen-bond acceptors (Lipinski definition) is 5. The van der Waals surface area contributed by atoms with Crippen LogP contribution in [0.15, 0.2) is 23.1 Å². The van der Waals surface area contributed by atoms with Crippen molar-refractivity contribution in [2.24, 2.45) is 5.92 Å². The van der Waals surface area contributed by atoms with Gasteiger partial charge in [-0.05, 0) is 12.5 Å². The lowest BCUT2D eigenvalue weighted by molar-refractivity contribution is 0.187. The van der Waals surface area contributed by atoms with Crippen molar-refractivity contribution < 1.29 is 4.74 Å². The third-order valence-corrected chi connectivity index (χ3v) is 3.05. The fourth-order valence-electron chi connectivity index (χ4n) is 2.00. The summed E-state index contributed by atoms with van der Waals surface area (Å²) in [5.74, 6) is 1.05. The summed E-state index contributed by atoms with van der Waals surface area (Å²) in [4.78, 5) is 22.4. The molecule has 0 amide bonds. The van der Waals surface area contributed by atoms with E-state index in [1.54, 1.807) is 12.3 Å². The van der Waals surface area contributed by atoms with Crippen LogP contribution in [0, 0.1) is 5.92 Å². The molecule has 1 fully saturated rings. The molecule has 0 aromatic carbocycles. The van der Waals surface area contributed by atoms with E-state index in [0.717, 1.165) is 31.6 Å². The summed E-state index contributed by atoms with van der Waals surface area (Å²) < 4.78 is 5.30. The van der Waals surface area contributed by atoms with Gasteiger partial charge < -0.3 is 15.0 Å². The van der Waals surface area contributed by atoms with Gasteiger partial charge in [-0.15, -0.1) is 0 Å². The zero-order chi connectivity index (χ0) is 12.4. The van der Waals surface area contributed by atoms with Crippen molar-refractivity contribution in [3.05, 3.63) is 28.7 Å². The average molecular weight is 246 g/mol. The molecule has 0 radical (unpaired) electrons. The van der Waals surface area contributed by atoms with Gasteiger partial charge in [-0.2, -0.15) is 4.98 Å². The first kappa shape index (κ1) is 11.2. The van der Waals surface area contributed by atoms with E-state index in [4.69, 9.17) is 4.74 Å². The summed E-state index contributed by atoms with van der Waals surface area (Å²) >= 11 is 0. The van der Waals surface area contributed by atoms with Gasteiger partial charge in [0.25, 0.3) is 0 Å². The lowest BCUT2D eigenvalue weighted by Crippen LogP contribution is -2.16. The minimum Gasteiger partial charge on any atom is -0.381 e. The molecule has 3 heterocycles. The molecular formula is C12H14N4O2. The molecule has 0 aliphatic carbocycles. The zero-order valence-electron chi connectivity index (χ0n) is 9.85. The molecule has 3 rings (SSSR count). The lowest BCUT2D eigenvalue weighted by Gasteiger charge is -2.09. The molecule has 1 aliphatic rings. The van der Waals surface area contributed by atoms with E-state index in [1.807, 2.05) is 0 Å². The van der Waals surface area contributed by atoms with Gasteiger partial charge >= 0.3 is 0 Å². The maximum absolute atomic E-state index is 11.2. The first-order chi connectivity index (χ1) is 8.81. The van der Waals surface area contributed by atoms with Crippen LogP contribution in [0.5, 0.6) is 0 Å². The normalized spacial score (nSPS) is 19.2. The van der Waals surface area contributed by atoms with Crippen LogP contribution >= 0.6 is 0 Å². The van der Waals surface area contributed by atoms with Crippen LogP contribution in [0.3, 0.4) is 0 Å². The van der Waals surface area contributed by atoms with Gasteiger partial charge in [-0.1, -0.05) is 0 Å². The van der Waals surface area contributed by atoms with Gasteiger partial charge in [0.05, 0.1) is 6.61 Å². The van der Waals surface area contributed by atoms with Gasteiger partial charge in [-0.3, -0.25) is 4.79 Å². The molecule has 94 valence electrons. The van der Waals surface area contributed by atoms with Crippen molar-refractivity contribution in [3.8, 4) is 0 Å². The summed E-state index contributed by atoms with van der Waals surface area (Å²) in [7, 11) is 0. The third-order valence-electron chi connectivity index (χ3n) is 3.05. The van der Waals surface area contributed by atoms with Crippen molar-refractivity contribution in [1.29, 1.82) is 0 Å². The van der Waals surface area contributed by atoms with Gasteiger partial charge in [0.15, 0.2) is 0 Å². The van der Waals surface area contributed by atoms with Crippen LogP contribution < -0.4 is 10.9 Å². The van der Waals surface area contributed by atoms with E-state index in [-0.39, 0.29) is 5.56 Å². The number of pyridine rings is 1. The molecule has 0 spiro atoms. The van der Waals surface area contributed by atoms with Crippen LogP contribution in [0.4, 0.5) is 5.95 Å². The quantitative estimate of drug-likeness (QED) is 0.836. The fourth-order valence-corrected chi connectivity index (χ4v) is 2.00. The molecule has 2 N–H and O–H groups in total. The highest BCUT2D eigenvalue weighted by molar-refractivity contribution is 5.74. The third kappa shape index (κ3) is 2.33. The Bertz CT molecular complexity index is 604. The monoisotopic (exact) mass is 246 g/mol. The van der Waals surface area contributed by atoms with E-state index in [1.165, 1.54) is 6.07 Å². The van der Waals surface area contributed by atoms with Gasteiger partial charge in [0, 0.05) is 36.7 Å². The van der Waals surface area contributed by atoms with Crippen LogP contribution in [0.1, 0.15) is 6.42 Å². The number of aromatic nitrogens is 3. The Balaban J connectivity index is 1.77. The number of ether oxygens (including phenoxy) is 1. The summed E-state index contributed by atoms with van der Waals surface area (Å²) in [6, 6.07) is 3.18. The highest BCUT2D eigenvalue weighted by atomic mass is 16.5. The molecule has 0 saturated carbocycles. The highest BCUT2D eigenvalue weighted by Crippen LogP contribution is 2.13. The van der Waals surface area contributed by atoms with Gasteiger partial charge in [-0.25, -0.2) is 4.98 Å². The predicted octanol–water partition coefficient (Wildman–Crippen LogP) is 0.766. The lowest BCUT2D eigenvalue weighted by atomic mass is 10.1. The number of aromatic amines is 1. The minimum atomic E-state index is -0.156. The topological polar surface area (TPSA) is 79.9 Å². The molecule has 0 bridgehead atoms. The van der Waals surface area contributed by atoms with Crippen LogP contribution in [0.25, 0.3) is 11.0 Å². The average Bonchev–Trinajstić information content (AvgIpc) is 2.89. The molecule has 1 aliphatic heterocycles. The van der Waals surface area contributed by atoms with Crippen molar-refractivity contribution in [2.75, 3.05) is 25.1 Å². The largest absolute Gasteiger partial charge is 0.381 e. The van der Waals surface area contributed by atoms with Crippen molar-refractivity contribution in [1.82, 2.24) is 15.0 Å². The molecule has 1 unspecified atom stereocenters. The van der Waals surface area contributed by atoms with E-state index in [2.05, 4.69) is 20.3 Å². The summed E-state index contributed by atoms with van der Waals surface area (Å²) in [5.41, 5.74) is 0.402. The van der Waals surface area contributed by atoms with Gasteiger partial charge in [0.1, 0.15) is 5.65 Å². The maximum atomic E-state index is 11.2. The Morgan fingerprint density at radius 1 is 1.50 bits per heavy atom. The second-order valence-electron chi connectivity index (χ2n) is 4.43. The Morgan fingerprint density at radius 3 is 3.28 bits per heavy atom. The second-order valence-corrected chi connectivity index (χ2v) is 4.43. The maximum Gasteiger partial charge on any atom is 0.249 e. The first-order valence-corrected chi connectivity index (χ1v) is 5.99. The molecule has 6 heteroatoms. The molecule has 1 saturated heterocycles. The predicted molar refractivity (Wildman–Crippen MR) is 67.6 cm³/mol. The molecular weight excluding hydrogens is 232 g/mol. The first-order valence-electron chi connectivity index (χ1n) is 5.99. The Hall–Kier alpha value is -1.95. The Labute approximate surface area is 103 Å². The zero-order valence-corrected chi connectivity index (χ0v) is 9.85. The van der Waals surface area contributed by atoms with Crippen molar-refractivity contribution >= 4 is 17.0 Å². The summed E-state index contributed by atoms with van der Waals surface area (Å²) in [5, 5.41) is 4.00. The van der Waals surface area contributed by atoms with Crippen LogP contribution in [-0.2, 0) is 4.74 Å². The standard InChI is InChI=1S/C12H14N4O2/c17-10-2-1-9-6-14-12(16-11(9)15-10)13-5-8-3-4-18-7-8/h1-2,6,8H,3-5,7H2,(H2,13,14,15,16,17). The SMILES string of the molecule is O=c1ccc2cnc(NCC3CCOC3)nc2[nH]1. The Kier molecular flexibility index (Phi) is 2.93. The fraction of sp³-hybridized carbons (Fsp3) is 0.417. The van der Waals surface area contributed by atoms with Crippen molar-refractivity contribution in [3.63, 3.8) is 0 Å². The molecule has 6 nitrogen and oxygen atoms in total. The van der Waals surface area contributed by atoms with E-state index in [0.29, 0.717) is 17.5 Å². The van der Waals surface area contributed by atoms with Crippen molar-refractivity contribution in [2.45, 2.75) is 6.42 Å². The molecule has 2 aromatic rings. The van der Waals surface area contributed by atoms with E-state index in [9.17, 15) is 4.79 Å². The smallest absolute Gasteiger partial charge is 0.249 e. The van der Waals surface area contributed by atoms with E-state index < -0.39 is 0 Å². The number of nitrogens with zero attached hydrogens (tertiary/aromatic N) is 2. The second kappa shape index (κ2) is 4.73. The van der Waals surface area contributed by atoms with E-state index >= 15 is 0 Å². The molecule has 1 atom stereocenters. The van der Waals surface area contributed by atoms with Crippen LogP contribution in [0.2, 0.25) is 0 Å². The number of hydrogen-bond donors (Lipinski definition) is 2. The minimum absolute atomic E-state index is 0.156. The summed E-state index contributed by atoms with van der Waals surface area (Å²) in [6.07, 6.45) is 2.77. The summed E-state index contributed by atoms with van der Waals surface area (Å²) in [6.45, 7) is 2.41. The van der Waals surface area contributed by atoms with Gasteiger partial charge in [0.2, 0.25) is 11.5 Å². The van der Waals surface area contributed by atoms with Crippen LogP contribution in [-0.4, -0.2) is 34.7 Å². The number of fused-ring (bicyclic) bond motifs is 1. The molecule has 18 heavy (non-hydrogen) atoms. The number of rotatable bonds is 3. The number of anilines is 1. The molecule has 2 aromatic heterocycles. The number of nitrogens with one attached hydrogen (secondary N) is 2. The number of H-pyrrole nitrogens is 1. The Morgan fingerprint density at radius 2 is 2.44 bits per heavy atom.